The van der Waals surface area contributed by atoms with Gasteiger partial charge in [-0.25, -0.2) is 9.97 Å². The van der Waals surface area contributed by atoms with Crippen LogP contribution >= 0.6 is 0 Å². The molecule has 0 saturated carbocycles. The number of para-hydroxylation sites is 2. The van der Waals surface area contributed by atoms with Crippen molar-refractivity contribution in [2.75, 3.05) is 13.7 Å². The first-order valence-corrected chi connectivity index (χ1v) is 8.20. The number of fused-ring (bicyclic) bond motifs is 1. The summed E-state index contributed by atoms with van der Waals surface area (Å²) in [6.45, 7) is 8.87. The second-order valence-electron chi connectivity index (χ2n) is 5.94. The number of rotatable bonds is 4. The van der Waals surface area contributed by atoms with Gasteiger partial charge in [0, 0.05) is 12.5 Å². The van der Waals surface area contributed by atoms with E-state index in [1.807, 2.05) is 42.7 Å². The van der Waals surface area contributed by atoms with E-state index >= 15 is 0 Å². The normalized spacial score (nSPS) is 12.3. The number of aryl methyl sites for hydroxylation is 1. The van der Waals surface area contributed by atoms with Crippen molar-refractivity contribution in [2.45, 2.75) is 33.6 Å². The molecule has 2 heterocycles. The molecular weight excluding hydrogens is 302 g/mol. The minimum absolute atomic E-state index is 0.290. The summed E-state index contributed by atoms with van der Waals surface area (Å²) in [6.07, 6.45) is 0. The fourth-order valence-corrected chi connectivity index (χ4v) is 2.75. The molecule has 1 N–H and O–H groups in total. The van der Waals surface area contributed by atoms with E-state index in [-0.39, 0.29) is 0 Å². The molecule has 6 heteroatoms. The van der Waals surface area contributed by atoms with Crippen LogP contribution in [0.1, 0.15) is 38.3 Å². The minimum atomic E-state index is 0.290. The third-order valence-electron chi connectivity index (χ3n) is 3.91. The summed E-state index contributed by atoms with van der Waals surface area (Å²) in [5, 5.41) is 0. The van der Waals surface area contributed by atoms with Crippen LogP contribution in [0, 0.1) is 6.92 Å². The second kappa shape index (κ2) is 6.47. The average Bonchev–Trinajstić information content (AvgIpc) is 3.01. The van der Waals surface area contributed by atoms with E-state index in [0.717, 1.165) is 34.2 Å². The molecule has 0 fully saturated rings. The zero-order chi connectivity index (χ0) is 17.3. The molecule has 0 radical (unpaired) electrons. The Morgan fingerprint density at radius 2 is 2.00 bits per heavy atom. The lowest BCUT2D eigenvalue weighted by atomic mass is 10.2. The lowest BCUT2D eigenvalue weighted by molar-refractivity contribution is 0.412. The Labute approximate surface area is 141 Å². The lowest BCUT2D eigenvalue weighted by Crippen LogP contribution is -2.18. The van der Waals surface area contributed by atoms with Gasteiger partial charge in [0.1, 0.15) is 22.9 Å². The number of hydrogen-bond acceptors (Lipinski definition) is 4. The van der Waals surface area contributed by atoms with Crippen LogP contribution in [0.15, 0.2) is 29.3 Å². The topological polar surface area (TPSA) is 68.1 Å². The van der Waals surface area contributed by atoms with E-state index in [1.54, 1.807) is 7.11 Å². The summed E-state index contributed by atoms with van der Waals surface area (Å²) >= 11 is 0. The van der Waals surface area contributed by atoms with Crippen molar-refractivity contribution in [3.05, 3.63) is 41.4 Å². The maximum absolute atomic E-state index is 5.53. The molecule has 0 spiro atoms. The minimum Gasteiger partial charge on any atom is -0.495 e. The van der Waals surface area contributed by atoms with E-state index in [9.17, 15) is 0 Å². The number of hydrogen-bond donors (Lipinski definition) is 1. The van der Waals surface area contributed by atoms with Crippen LogP contribution in [-0.2, 0) is 0 Å². The predicted molar refractivity (Wildman–Crippen MR) is 94.7 cm³/mol. The van der Waals surface area contributed by atoms with Gasteiger partial charge >= 0.3 is 0 Å². The van der Waals surface area contributed by atoms with Gasteiger partial charge in [0.05, 0.1) is 12.8 Å². The van der Waals surface area contributed by atoms with Crippen molar-refractivity contribution in [1.82, 2.24) is 19.5 Å². The SMILES string of the molecule is CCN=c1nc(C)n(-c2ccccc2OC)c2nc(C(C)C)[nH]c12. The number of imidazole rings is 1. The van der Waals surface area contributed by atoms with Crippen LogP contribution in [0.3, 0.4) is 0 Å². The van der Waals surface area contributed by atoms with Crippen LogP contribution < -0.4 is 10.2 Å². The fourth-order valence-electron chi connectivity index (χ4n) is 2.75. The van der Waals surface area contributed by atoms with Gasteiger partial charge < -0.3 is 9.72 Å². The molecule has 1 aromatic carbocycles. The third-order valence-corrected chi connectivity index (χ3v) is 3.91. The maximum atomic E-state index is 5.53. The predicted octanol–water partition coefficient (Wildman–Crippen LogP) is 3.11. The highest BCUT2D eigenvalue weighted by Crippen LogP contribution is 2.26. The molecule has 2 aromatic heterocycles. The lowest BCUT2D eigenvalue weighted by Gasteiger charge is -2.14. The Kier molecular flexibility index (Phi) is 4.38. The summed E-state index contributed by atoms with van der Waals surface area (Å²) in [5.41, 5.74) is 3.30. The van der Waals surface area contributed by atoms with E-state index in [2.05, 4.69) is 28.8 Å². The Morgan fingerprint density at radius 3 is 2.67 bits per heavy atom. The highest BCUT2D eigenvalue weighted by atomic mass is 16.5. The van der Waals surface area contributed by atoms with Crippen LogP contribution in [0.4, 0.5) is 0 Å². The largest absolute Gasteiger partial charge is 0.495 e. The molecule has 0 saturated heterocycles. The van der Waals surface area contributed by atoms with Gasteiger partial charge in [-0.2, -0.15) is 0 Å². The van der Waals surface area contributed by atoms with Gasteiger partial charge in [0.15, 0.2) is 11.1 Å². The zero-order valence-electron chi connectivity index (χ0n) is 14.8. The number of ether oxygens (including phenoxy) is 1. The first kappa shape index (κ1) is 16.2. The van der Waals surface area contributed by atoms with Crippen LogP contribution in [0.25, 0.3) is 16.9 Å². The number of methoxy groups -OCH3 is 1. The molecule has 3 aromatic rings. The molecule has 0 unspecified atom stereocenters. The molecule has 0 bridgehead atoms. The van der Waals surface area contributed by atoms with Gasteiger partial charge in [-0.3, -0.25) is 9.56 Å². The monoisotopic (exact) mass is 325 g/mol. The van der Waals surface area contributed by atoms with E-state index < -0.39 is 0 Å². The van der Waals surface area contributed by atoms with Crippen molar-refractivity contribution in [1.29, 1.82) is 0 Å². The smallest absolute Gasteiger partial charge is 0.177 e. The Hall–Kier alpha value is -2.63. The van der Waals surface area contributed by atoms with Gasteiger partial charge in [-0.05, 0) is 26.0 Å². The van der Waals surface area contributed by atoms with Crippen LogP contribution in [0.5, 0.6) is 5.75 Å². The number of aromatic amines is 1. The molecule has 24 heavy (non-hydrogen) atoms. The van der Waals surface area contributed by atoms with Gasteiger partial charge in [0.2, 0.25) is 0 Å². The van der Waals surface area contributed by atoms with E-state index in [0.29, 0.717) is 18.0 Å². The summed E-state index contributed by atoms with van der Waals surface area (Å²) < 4.78 is 7.54. The highest BCUT2D eigenvalue weighted by molar-refractivity contribution is 5.73. The molecule has 6 nitrogen and oxygen atoms in total. The van der Waals surface area contributed by atoms with Crippen molar-refractivity contribution >= 4 is 11.2 Å². The first-order valence-electron chi connectivity index (χ1n) is 8.20. The summed E-state index contributed by atoms with van der Waals surface area (Å²) in [7, 11) is 1.67. The molecule has 3 rings (SSSR count). The van der Waals surface area contributed by atoms with E-state index in [1.165, 1.54) is 0 Å². The van der Waals surface area contributed by atoms with Crippen molar-refractivity contribution in [3.63, 3.8) is 0 Å². The highest BCUT2D eigenvalue weighted by Gasteiger charge is 2.17. The second-order valence-corrected chi connectivity index (χ2v) is 5.94. The van der Waals surface area contributed by atoms with E-state index in [4.69, 9.17) is 9.72 Å². The standard InChI is InChI=1S/C18H23N5O/c1-6-19-17-15-18(22-16(21-15)11(2)3)23(12(4)20-17)13-9-7-8-10-14(13)24-5/h7-11H,6H2,1-5H3,(H,21,22). The van der Waals surface area contributed by atoms with Gasteiger partial charge in [-0.15, -0.1) is 0 Å². The van der Waals surface area contributed by atoms with Crippen molar-refractivity contribution in [2.24, 2.45) is 4.99 Å². The summed E-state index contributed by atoms with van der Waals surface area (Å²) in [5.74, 6) is 2.82. The molecule has 0 aliphatic rings. The zero-order valence-corrected chi connectivity index (χ0v) is 14.8. The van der Waals surface area contributed by atoms with Crippen molar-refractivity contribution in [3.8, 4) is 11.4 Å². The molecule has 126 valence electrons. The number of nitrogens with zero attached hydrogens (tertiary/aromatic N) is 4. The van der Waals surface area contributed by atoms with Crippen molar-refractivity contribution < 1.29 is 4.74 Å². The first-order chi connectivity index (χ1) is 11.6. The average molecular weight is 325 g/mol. The van der Waals surface area contributed by atoms with Crippen LogP contribution in [-0.4, -0.2) is 33.2 Å². The third kappa shape index (κ3) is 2.68. The number of benzene rings is 1. The number of aromatic nitrogens is 4. The summed E-state index contributed by atoms with van der Waals surface area (Å²) in [6, 6.07) is 7.88. The van der Waals surface area contributed by atoms with Gasteiger partial charge in [-0.1, -0.05) is 26.0 Å². The molecule has 0 atom stereocenters. The van der Waals surface area contributed by atoms with Gasteiger partial charge in [0.25, 0.3) is 0 Å². The summed E-state index contributed by atoms with van der Waals surface area (Å²) in [4.78, 5) is 17.4. The molecule has 0 aliphatic carbocycles. The Bertz CT molecular complexity index is 936. The maximum Gasteiger partial charge on any atom is 0.177 e. The van der Waals surface area contributed by atoms with Crippen LogP contribution in [0.2, 0.25) is 0 Å². The molecule has 0 aliphatic heterocycles. The number of H-pyrrole nitrogens is 1. The molecule has 0 amide bonds. The fraction of sp³-hybridized carbons (Fsp3) is 0.389. The molecular formula is C18H23N5O. The quantitative estimate of drug-likeness (QED) is 0.801. The Morgan fingerprint density at radius 1 is 1.25 bits per heavy atom. The number of nitrogens with one attached hydrogen (secondary N) is 1. The Balaban J connectivity index is 2.42.